The van der Waals surface area contributed by atoms with Crippen LogP contribution in [0.15, 0.2) is 0 Å². The molecule has 13 heavy (non-hydrogen) atoms. The van der Waals surface area contributed by atoms with Gasteiger partial charge >= 0.3 is 5.97 Å². The SMILES string of the molecule is C1CCOC1.O=C(O)CCCCBr. The van der Waals surface area contributed by atoms with Crippen LogP contribution in [0.3, 0.4) is 0 Å². The normalized spacial score (nSPS) is 14.8. The van der Waals surface area contributed by atoms with E-state index in [0.29, 0.717) is 6.42 Å². The Bertz CT molecular complexity index is 116. The van der Waals surface area contributed by atoms with Crippen molar-refractivity contribution < 1.29 is 14.6 Å². The molecular formula is C9H17BrO3. The van der Waals surface area contributed by atoms with Gasteiger partial charge in [-0.1, -0.05) is 15.9 Å². The quantitative estimate of drug-likeness (QED) is 0.618. The first-order valence-corrected chi connectivity index (χ1v) is 5.75. The Kier molecular flexibility index (Phi) is 9.92. The molecule has 0 aliphatic carbocycles. The molecule has 1 aliphatic rings. The second-order valence-electron chi connectivity index (χ2n) is 2.86. The van der Waals surface area contributed by atoms with Crippen molar-refractivity contribution in [1.29, 1.82) is 0 Å². The van der Waals surface area contributed by atoms with Crippen LogP contribution >= 0.6 is 15.9 Å². The highest BCUT2D eigenvalue weighted by atomic mass is 79.9. The van der Waals surface area contributed by atoms with E-state index in [2.05, 4.69) is 15.9 Å². The lowest BCUT2D eigenvalue weighted by molar-refractivity contribution is -0.137. The van der Waals surface area contributed by atoms with Crippen molar-refractivity contribution in [3.8, 4) is 0 Å². The van der Waals surface area contributed by atoms with Crippen molar-refractivity contribution in [3.05, 3.63) is 0 Å². The van der Waals surface area contributed by atoms with E-state index in [9.17, 15) is 4.79 Å². The molecule has 0 atom stereocenters. The lowest BCUT2D eigenvalue weighted by Gasteiger charge is -1.88. The number of alkyl halides is 1. The van der Waals surface area contributed by atoms with E-state index in [0.717, 1.165) is 31.4 Å². The fourth-order valence-electron chi connectivity index (χ4n) is 0.881. The minimum Gasteiger partial charge on any atom is -0.481 e. The Labute approximate surface area is 87.6 Å². The zero-order chi connectivity index (χ0) is 9.94. The molecule has 1 saturated heterocycles. The summed E-state index contributed by atoms with van der Waals surface area (Å²) in [7, 11) is 0. The Morgan fingerprint density at radius 3 is 2.23 bits per heavy atom. The summed E-state index contributed by atoms with van der Waals surface area (Å²) in [5, 5.41) is 9.03. The smallest absolute Gasteiger partial charge is 0.303 e. The van der Waals surface area contributed by atoms with Crippen molar-refractivity contribution in [2.75, 3.05) is 18.5 Å². The standard InChI is InChI=1S/C5H9BrO2.C4H8O/c6-4-2-1-3-5(7)8;1-2-4-5-3-1/h1-4H2,(H,7,8);1-4H2. The van der Waals surface area contributed by atoms with E-state index < -0.39 is 5.97 Å². The van der Waals surface area contributed by atoms with Crippen LogP contribution in [0.4, 0.5) is 0 Å². The predicted molar refractivity (Wildman–Crippen MR) is 55.3 cm³/mol. The second-order valence-corrected chi connectivity index (χ2v) is 3.65. The summed E-state index contributed by atoms with van der Waals surface area (Å²) in [5.74, 6) is -0.703. The van der Waals surface area contributed by atoms with Gasteiger partial charge in [0, 0.05) is 25.0 Å². The molecule has 1 N–H and O–H groups in total. The first-order valence-electron chi connectivity index (χ1n) is 4.63. The summed E-state index contributed by atoms with van der Waals surface area (Å²) in [4.78, 5) is 9.86. The third-order valence-electron chi connectivity index (χ3n) is 1.60. The van der Waals surface area contributed by atoms with E-state index in [1.807, 2.05) is 0 Å². The molecule has 1 fully saturated rings. The fourth-order valence-corrected chi connectivity index (χ4v) is 1.28. The fraction of sp³-hybridized carbons (Fsp3) is 0.889. The third kappa shape index (κ3) is 11.9. The molecule has 1 heterocycles. The maximum absolute atomic E-state index is 9.86. The van der Waals surface area contributed by atoms with Gasteiger partial charge in [0.05, 0.1) is 0 Å². The molecule has 1 aliphatic heterocycles. The highest BCUT2D eigenvalue weighted by Crippen LogP contribution is 1.98. The number of aliphatic carboxylic acids is 1. The number of carboxylic acid groups (broad SMARTS) is 1. The molecule has 0 bridgehead atoms. The van der Waals surface area contributed by atoms with Crippen LogP contribution in [0.25, 0.3) is 0 Å². The number of rotatable bonds is 4. The number of hydrogen-bond donors (Lipinski definition) is 1. The van der Waals surface area contributed by atoms with E-state index in [1.165, 1.54) is 12.8 Å². The van der Waals surface area contributed by atoms with Gasteiger partial charge in [-0.2, -0.15) is 0 Å². The summed E-state index contributed by atoms with van der Waals surface area (Å²) in [6.07, 6.45) is 4.58. The monoisotopic (exact) mass is 252 g/mol. The molecule has 0 aromatic heterocycles. The van der Waals surface area contributed by atoms with Gasteiger partial charge in [0.25, 0.3) is 0 Å². The number of halogens is 1. The molecule has 3 nitrogen and oxygen atoms in total. The van der Waals surface area contributed by atoms with Gasteiger partial charge in [0.15, 0.2) is 0 Å². The molecule has 0 spiro atoms. The maximum Gasteiger partial charge on any atom is 0.303 e. The van der Waals surface area contributed by atoms with Gasteiger partial charge in [0.1, 0.15) is 0 Å². The number of ether oxygens (including phenoxy) is 1. The summed E-state index contributed by atoms with van der Waals surface area (Å²) >= 11 is 3.21. The molecule has 1 rings (SSSR count). The lowest BCUT2D eigenvalue weighted by atomic mass is 10.3. The summed E-state index contributed by atoms with van der Waals surface area (Å²) in [5.41, 5.74) is 0. The molecular weight excluding hydrogens is 236 g/mol. The molecule has 0 unspecified atom stereocenters. The third-order valence-corrected chi connectivity index (χ3v) is 2.16. The maximum atomic E-state index is 9.86. The lowest BCUT2D eigenvalue weighted by Crippen LogP contribution is -1.93. The predicted octanol–water partition coefficient (Wildman–Crippen LogP) is 2.43. The molecule has 0 aromatic carbocycles. The number of carboxylic acids is 1. The summed E-state index contributed by atoms with van der Waals surface area (Å²) in [6, 6.07) is 0. The van der Waals surface area contributed by atoms with Crippen molar-refractivity contribution in [3.63, 3.8) is 0 Å². The van der Waals surface area contributed by atoms with Crippen LogP contribution in [0, 0.1) is 0 Å². The van der Waals surface area contributed by atoms with Crippen LogP contribution in [-0.4, -0.2) is 29.6 Å². The van der Waals surface area contributed by atoms with E-state index in [1.54, 1.807) is 0 Å². The molecule has 4 heteroatoms. The van der Waals surface area contributed by atoms with Gasteiger partial charge < -0.3 is 9.84 Å². The second kappa shape index (κ2) is 9.99. The van der Waals surface area contributed by atoms with Gasteiger partial charge in [-0.25, -0.2) is 0 Å². The zero-order valence-electron chi connectivity index (χ0n) is 7.80. The van der Waals surface area contributed by atoms with Crippen LogP contribution in [0.1, 0.15) is 32.1 Å². The van der Waals surface area contributed by atoms with Crippen LogP contribution in [-0.2, 0) is 9.53 Å². The topological polar surface area (TPSA) is 46.5 Å². The highest BCUT2D eigenvalue weighted by molar-refractivity contribution is 9.09. The van der Waals surface area contributed by atoms with Gasteiger partial charge in [-0.05, 0) is 25.7 Å². The molecule has 0 amide bonds. The van der Waals surface area contributed by atoms with E-state index in [-0.39, 0.29) is 0 Å². The van der Waals surface area contributed by atoms with Crippen molar-refractivity contribution in [2.24, 2.45) is 0 Å². The van der Waals surface area contributed by atoms with Crippen molar-refractivity contribution in [1.82, 2.24) is 0 Å². The Morgan fingerprint density at radius 2 is 1.92 bits per heavy atom. The van der Waals surface area contributed by atoms with Crippen LogP contribution in [0.5, 0.6) is 0 Å². The van der Waals surface area contributed by atoms with Crippen LogP contribution < -0.4 is 0 Å². The van der Waals surface area contributed by atoms with E-state index in [4.69, 9.17) is 9.84 Å². The number of unbranched alkanes of at least 4 members (excludes halogenated alkanes) is 1. The summed E-state index contributed by atoms with van der Waals surface area (Å²) < 4.78 is 4.94. The minimum absolute atomic E-state index is 0.297. The molecule has 78 valence electrons. The first-order chi connectivity index (χ1) is 6.27. The van der Waals surface area contributed by atoms with E-state index >= 15 is 0 Å². The van der Waals surface area contributed by atoms with Crippen molar-refractivity contribution in [2.45, 2.75) is 32.1 Å². The molecule has 0 radical (unpaired) electrons. The van der Waals surface area contributed by atoms with Crippen LogP contribution in [0.2, 0.25) is 0 Å². The Balaban J connectivity index is 0.000000243. The molecule has 0 saturated carbocycles. The number of carbonyl (C=O) groups is 1. The first kappa shape index (κ1) is 12.9. The van der Waals surface area contributed by atoms with Crippen molar-refractivity contribution >= 4 is 21.9 Å². The van der Waals surface area contributed by atoms with Gasteiger partial charge in [-0.3, -0.25) is 4.79 Å². The van der Waals surface area contributed by atoms with Gasteiger partial charge in [-0.15, -0.1) is 0 Å². The largest absolute Gasteiger partial charge is 0.481 e. The zero-order valence-corrected chi connectivity index (χ0v) is 9.38. The number of hydrogen-bond acceptors (Lipinski definition) is 2. The summed E-state index contributed by atoms with van der Waals surface area (Å²) in [6.45, 7) is 2.00. The Morgan fingerprint density at radius 1 is 1.31 bits per heavy atom. The average Bonchev–Trinajstić information content (AvgIpc) is 2.61. The minimum atomic E-state index is -0.703. The van der Waals surface area contributed by atoms with Gasteiger partial charge in [0.2, 0.25) is 0 Å². The average molecular weight is 253 g/mol. The highest BCUT2D eigenvalue weighted by Gasteiger charge is 1.94. The Hall–Kier alpha value is -0.0900. The molecule has 0 aromatic rings.